The van der Waals surface area contributed by atoms with E-state index in [1.165, 1.54) is 18.2 Å². The minimum atomic E-state index is -0.553. The highest BCUT2D eigenvalue weighted by molar-refractivity contribution is 6.33. The van der Waals surface area contributed by atoms with Crippen molar-refractivity contribution in [1.29, 1.82) is 0 Å². The van der Waals surface area contributed by atoms with Crippen LogP contribution in [0.5, 0.6) is 0 Å². The van der Waals surface area contributed by atoms with Crippen LogP contribution in [0.4, 0.5) is 4.39 Å². The predicted octanol–water partition coefficient (Wildman–Crippen LogP) is 3.13. The van der Waals surface area contributed by atoms with Gasteiger partial charge in [-0.3, -0.25) is 9.78 Å². The van der Waals surface area contributed by atoms with Crippen molar-refractivity contribution in [2.45, 2.75) is 19.3 Å². The molecule has 0 bridgehead atoms. The lowest BCUT2D eigenvalue weighted by Crippen LogP contribution is -2.14. The van der Waals surface area contributed by atoms with Gasteiger partial charge in [0, 0.05) is 11.3 Å². The van der Waals surface area contributed by atoms with E-state index in [9.17, 15) is 9.18 Å². The van der Waals surface area contributed by atoms with Gasteiger partial charge in [0.25, 0.3) is 5.91 Å². The van der Waals surface area contributed by atoms with Gasteiger partial charge in [0.1, 0.15) is 5.82 Å². The van der Waals surface area contributed by atoms with Crippen LogP contribution >= 0.6 is 11.6 Å². The van der Waals surface area contributed by atoms with Crippen LogP contribution in [-0.4, -0.2) is 10.9 Å². The Labute approximate surface area is 120 Å². The lowest BCUT2D eigenvalue weighted by molar-refractivity contribution is 0.100. The van der Waals surface area contributed by atoms with Gasteiger partial charge in [-0.25, -0.2) is 4.39 Å². The second-order valence-electron chi connectivity index (χ2n) is 4.83. The Kier molecular flexibility index (Phi) is 3.18. The molecule has 2 N–H and O–H groups in total. The monoisotopic (exact) mass is 290 g/mol. The number of aromatic nitrogens is 1. The van der Waals surface area contributed by atoms with Crippen LogP contribution in [0.2, 0.25) is 5.02 Å². The Morgan fingerprint density at radius 3 is 2.80 bits per heavy atom. The van der Waals surface area contributed by atoms with Crippen molar-refractivity contribution in [2.24, 2.45) is 5.73 Å². The summed E-state index contributed by atoms with van der Waals surface area (Å²) >= 11 is 6.06. The Bertz CT molecular complexity index is 715. The molecule has 1 aliphatic carbocycles. The molecule has 3 nitrogen and oxygen atoms in total. The van der Waals surface area contributed by atoms with Crippen LogP contribution < -0.4 is 5.73 Å². The summed E-state index contributed by atoms with van der Waals surface area (Å²) in [5, 5.41) is 0.220. The molecule has 1 amide bonds. The van der Waals surface area contributed by atoms with E-state index in [0.29, 0.717) is 16.8 Å². The summed E-state index contributed by atoms with van der Waals surface area (Å²) in [6.45, 7) is 0. The molecular weight excluding hydrogens is 279 g/mol. The molecule has 0 spiro atoms. The molecule has 2 aromatic rings. The number of benzene rings is 1. The molecule has 0 fully saturated rings. The largest absolute Gasteiger partial charge is 0.366 e. The first kappa shape index (κ1) is 13.1. The molecule has 0 saturated heterocycles. The van der Waals surface area contributed by atoms with Gasteiger partial charge in [-0.1, -0.05) is 11.6 Å². The van der Waals surface area contributed by atoms with E-state index in [4.69, 9.17) is 17.3 Å². The van der Waals surface area contributed by atoms with E-state index >= 15 is 0 Å². The third-order valence-electron chi connectivity index (χ3n) is 3.50. The second kappa shape index (κ2) is 4.87. The Balaban J connectivity index is 2.24. The lowest BCUT2D eigenvalue weighted by Gasteiger charge is -2.11. The van der Waals surface area contributed by atoms with E-state index < -0.39 is 11.7 Å². The number of fused-ring (bicyclic) bond motifs is 1. The van der Waals surface area contributed by atoms with Crippen LogP contribution in [0, 0.1) is 5.82 Å². The number of halogens is 2. The molecule has 20 heavy (non-hydrogen) atoms. The Hall–Kier alpha value is -1.94. The normalized spacial score (nSPS) is 13.3. The number of carbonyl (C=O) groups is 1. The fourth-order valence-corrected chi connectivity index (χ4v) is 2.80. The maximum Gasteiger partial charge on any atom is 0.250 e. The van der Waals surface area contributed by atoms with E-state index in [0.717, 1.165) is 30.5 Å². The highest BCUT2D eigenvalue weighted by atomic mass is 35.5. The first-order valence-corrected chi connectivity index (χ1v) is 6.72. The molecule has 0 aliphatic heterocycles. The molecule has 0 saturated carbocycles. The van der Waals surface area contributed by atoms with Gasteiger partial charge in [0.15, 0.2) is 0 Å². The van der Waals surface area contributed by atoms with Gasteiger partial charge >= 0.3 is 0 Å². The molecule has 5 heteroatoms. The van der Waals surface area contributed by atoms with Crippen molar-refractivity contribution in [3.05, 3.63) is 51.9 Å². The molecule has 1 aromatic heterocycles. The first-order valence-electron chi connectivity index (χ1n) is 6.34. The van der Waals surface area contributed by atoms with Gasteiger partial charge in [-0.05, 0) is 49.1 Å². The number of rotatable bonds is 2. The van der Waals surface area contributed by atoms with Crippen molar-refractivity contribution in [3.8, 4) is 11.3 Å². The number of nitrogens with two attached hydrogens (primary N) is 1. The van der Waals surface area contributed by atoms with Crippen molar-refractivity contribution < 1.29 is 9.18 Å². The summed E-state index contributed by atoms with van der Waals surface area (Å²) in [6, 6.07) is 5.80. The van der Waals surface area contributed by atoms with Crippen molar-refractivity contribution >= 4 is 17.5 Å². The van der Waals surface area contributed by atoms with Crippen molar-refractivity contribution in [1.82, 2.24) is 4.98 Å². The average molecular weight is 291 g/mol. The van der Waals surface area contributed by atoms with Crippen molar-refractivity contribution in [3.63, 3.8) is 0 Å². The highest BCUT2D eigenvalue weighted by Gasteiger charge is 2.21. The smallest absolute Gasteiger partial charge is 0.250 e. The standard InChI is InChI=1S/C15H12ClFN2O/c16-12-7-9(17)4-5-10(12)14-11(15(18)20)6-8-2-1-3-13(8)19-14/h4-7H,1-3H2,(H2,18,20). The summed E-state index contributed by atoms with van der Waals surface area (Å²) in [5.41, 5.74) is 8.74. The molecular formula is C15H12ClFN2O. The number of hydrogen-bond acceptors (Lipinski definition) is 2. The number of primary amides is 1. The molecule has 1 heterocycles. The number of amides is 1. The zero-order valence-corrected chi connectivity index (χ0v) is 11.4. The maximum absolute atomic E-state index is 13.1. The molecule has 0 atom stereocenters. The van der Waals surface area contributed by atoms with Crippen LogP contribution in [0.25, 0.3) is 11.3 Å². The molecule has 102 valence electrons. The van der Waals surface area contributed by atoms with Crippen LogP contribution in [0.1, 0.15) is 28.0 Å². The zero-order chi connectivity index (χ0) is 14.3. The highest BCUT2D eigenvalue weighted by Crippen LogP contribution is 2.32. The summed E-state index contributed by atoms with van der Waals surface area (Å²) in [4.78, 5) is 16.2. The Morgan fingerprint density at radius 1 is 1.30 bits per heavy atom. The maximum atomic E-state index is 13.1. The molecule has 1 aliphatic rings. The zero-order valence-electron chi connectivity index (χ0n) is 10.6. The van der Waals surface area contributed by atoms with Gasteiger partial charge in [-0.2, -0.15) is 0 Å². The van der Waals surface area contributed by atoms with Gasteiger partial charge < -0.3 is 5.73 Å². The molecule has 3 rings (SSSR count). The topological polar surface area (TPSA) is 56.0 Å². The number of aryl methyl sites for hydroxylation is 2. The fraction of sp³-hybridized carbons (Fsp3) is 0.200. The number of carbonyl (C=O) groups excluding carboxylic acids is 1. The number of hydrogen-bond donors (Lipinski definition) is 1. The van der Waals surface area contributed by atoms with E-state index in [-0.39, 0.29) is 5.02 Å². The quantitative estimate of drug-likeness (QED) is 0.924. The predicted molar refractivity (Wildman–Crippen MR) is 75.2 cm³/mol. The third kappa shape index (κ3) is 2.16. The SMILES string of the molecule is NC(=O)c1cc2c(nc1-c1ccc(F)cc1Cl)CCC2. The Morgan fingerprint density at radius 2 is 2.10 bits per heavy atom. The first-order chi connectivity index (χ1) is 9.56. The summed E-state index contributed by atoms with van der Waals surface area (Å²) < 4.78 is 13.1. The third-order valence-corrected chi connectivity index (χ3v) is 3.82. The van der Waals surface area contributed by atoms with E-state index in [1.807, 2.05) is 0 Å². The fourth-order valence-electron chi connectivity index (χ4n) is 2.55. The number of nitrogens with zero attached hydrogens (tertiary/aromatic N) is 1. The van der Waals surface area contributed by atoms with Gasteiger partial charge in [0.05, 0.1) is 16.3 Å². The molecule has 0 unspecified atom stereocenters. The van der Waals surface area contributed by atoms with Crippen LogP contribution in [0.15, 0.2) is 24.3 Å². The summed E-state index contributed by atoms with van der Waals surface area (Å²) in [5.74, 6) is -0.983. The minimum Gasteiger partial charge on any atom is -0.366 e. The van der Waals surface area contributed by atoms with Crippen LogP contribution in [-0.2, 0) is 12.8 Å². The van der Waals surface area contributed by atoms with Gasteiger partial charge in [0.2, 0.25) is 0 Å². The number of pyridine rings is 1. The second-order valence-corrected chi connectivity index (χ2v) is 5.24. The van der Waals surface area contributed by atoms with Gasteiger partial charge in [-0.15, -0.1) is 0 Å². The van der Waals surface area contributed by atoms with Crippen LogP contribution in [0.3, 0.4) is 0 Å². The summed E-state index contributed by atoms with van der Waals surface area (Å²) in [7, 11) is 0. The molecule has 0 radical (unpaired) electrons. The van der Waals surface area contributed by atoms with Crippen molar-refractivity contribution in [2.75, 3.05) is 0 Å². The summed E-state index contributed by atoms with van der Waals surface area (Å²) in [6.07, 6.45) is 2.79. The average Bonchev–Trinajstić information content (AvgIpc) is 2.84. The van der Waals surface area contributed by atoms with E-state index in [1.54, 1.807) is 6.07 Å². The molecule has 1 aromatic carbocycles. The van der Waals surface area contributed by atoms with E-state index in [2.05, 4.69) is 4.98 Å². The lowest BCUT2D eigenvalue weighted by atomic mass is 10.0. The minimum absolute atomic E-state index is 0.220.